The predicted molar refractivity (Wildman–Crippen MR) is 127 cm³/mol. The van der Waals surface area contributed by atoms with Gasteiger partial charge in [0, 0.05) is 11.3 Å². The first kappa shape index (κ1) is 25.4. The Morgan fingerprint density at radius 1 is 1.21 bits per heavy atom. The van der Waals surface area contributed by atoms with Crippen LogP contribution in [0, 0.1) is 18.3 Å². The fourth-order valence-corrected chi connectivity index (χ4v) is 4.49. The number of nitrogens with two attached hydrogens (primary N) is 1. The van der Waals surface area contributed by atoms with Gasteiger partial charge < -0.3 is 20.8 Å². The molecule has 9 heteroatoms. The largest absolute Gasteiger partial charge is 0.573 e. The number of rotatable bonds is 4. The lowest BCUT2D eigenvalue weighted by Crippen LogP contribution is -2.20. The van der Waals surface area contributed by atoms with Crippen LogP contribution in [-0.4, -0.2) is 22.2 Å². The summed E-state index contributed by atoms with van der Waals surface area (Å²) in [5, 5.41) is 2.94. The summed E-state index contributed by atoms with van der Waals surface area (Å²) in [4.78, 5) is 18.7. The minimum atomic E-state index is -4.73. The molecule has 0 radical (unpaired) electrons. The van der Waals surface area contributed by atoms with E-state index in [1.807, 2.05) is 0 Å². The van der Waals surface area contributed by atoms with Gasteiger partial charge in [0.25, 0.3) is 0 Å². The Bertz CT molecular complexity index is 1140. The highest BCUT2D eigenvalue weighted by Gasteiger charge is 2.31. The second kappa shape index (κ2) is 9.95. The minimum absolute atomic E-state index is 0.315. The fourth-order valence-electron chi connectivity index (χ4n) is 4.49. The van der Waals surface area contributed by atoms with Crippen molar-refractivity contribution in [3.05, 3.63) is 47.5 Å². The van der Waals surface area contributed by atoms with E-state index < -0.39 is 12.3 Å². The molecule has 184 valence electrons. The molecule has 1 aliphatic rings. The lowest BCUT2D eigenvalue weighted by Gasteiger charge is -2.33. The van der Waals surface area contributed by atoms with Crippen molar-refractivity contribution in [3.8, 4) is 5.75 Å². The molecule has 6 nitrogen and oxygen atoms in total. The van der Waals surface area contributed by atoms with Crippen LogP contribution in [0.4, 0.5) is 24.8 Å². The summed E-state index contributed by atoms with van der Waals surface area (Å²) < 4.78 is 40.3. The van der Waals surface area contributed by atoms with Gasteiger partial charge >= 0.3 is 6.36 Å². The maximum absolute atomic E-state index is 12.1. The second-order valence-corrected chi connectivity index (χ2v) is 9.65. The molecule has 0 bridgehead atoms. The monoisotopic (exact) mass is 476 g/mol. The predicted octanol–water partition coefficient (Wildman–Crippen LogP) is 6.84. The number of ether oxygens (including phenoxy) is 1. The molecule has 0 aliphatic heterocycles. The first-order valence-electron chi connectivity index (χ1n) is 11.2. The topological polar surface area (TPSA) is 93.0 Å². The zero-order valence-electron chi connectivity index (χ0n) is 19.8. The highest BCUT2D eigenvalue weighted by Crippen LogP contribution is 2.38. The number of aryl methyl sites for hydroxylation is 1. The number of carbonyl (C=O) groups excluding carboxylic acids is 1. The van der Waals surface area contributed by atoms with Crippen molar-refractivity contribution in [2.45, 2.75) is 59.7 Å². The van der Waals surface area contributed by atoms with Gasteiger partial charge in [0.15, 0.2) is 0 Å². The van der Waals surface area contributed by atoms with Crippen molar-refractivity contribution in [3.63, 3.8) is 0 Å². The van der Waals surface area contributed by atoms with Gasteiger partial charge in [0.2, 0.25) is 11.9 Å². The first-order chi connectivity index (χ1) is 15.8. The number of H-pyrrole nitrogens is 1. The van der Waals surface area contributed by atoms with Crippen LogP contribution >= 0.6 is 0 Å². The van der Waals surface area contributed by atoms with Crippen molar-refractivity contribution >= 4 is 28.6 Å². The summed E-state index contributed by atoms with van der Waals surface area (Å²) in [5.41, 5.74) is 8.77. The summed E-state index contributed by atoms with van der Waals surface area (Å²) in [5.74, 6) is 0.500. The molecule has 1 saturated carbocycles. The van der Waals surface area contributed by atoms with E-state index in [4.69, 9.17) is 5.73 Å². The Hall–Kier alpha value is -3.23. The summed E-state index contributed by atoms with van der Waals surface area (Å²) >= 11 is 0. The van der Waals surface area contributed by atoms with Gasteiger partial charge in [-0.1, -0.05) is 33.6 Å². The Labute approximate surface area is 197 Å². The number of primary amides is 1. The number of nitrogens with zero attached hydrogens (tertiary/aromatic N) is 1. The normalized spacial score (nSPS) is 17.6. The number of hydrogen-bond acceptors (Lipinski definition) is 4. The molecule has 1 heterocycles. The van der Waals surface area contributed by atoms with Gasteiger partial charge in [-0.3, -0.25) is 4.79 Å². The third kappa shape index (κ3) is 6.88. The molecular weight excluding hydrogens is 445 g/mol. The summed E-state index contributed by atoms with van der Waals surface area (Å²) in [7, 11) is 0. The van der Waals surface area contributed by atoms with Crippen molar-refractivity contribution in [1.29, 1.82) is 0 Å². The van der Waals surface area contributed by atoms with Gasteiger partial charge in [-0.05, 0) is 73.1 Å². The van der Waals surface area contributed by atoms with E-state index in [1.165, 1.54) is 49.9 Å². The molecule has 4 rings (SSSR count). The number of halogens is 3. The zero-order chi connectivity index (χ0) is 25.1. The van der Waals surface area contributed by atoms with Gasteiger partial charge in [0.05, 0.1) is 11.0 Å². The SMILES string of the molecule is CC1CCCC(C)(C)C1.Cc1c(C(N)=O)ccc2[nH]c(Nc3ccc(OC(F)(F)F)cc3)nc12. The number of amides is 1. The quantitative estimate of drug-likeness (QED) is 0.385. The Kier molecular flexibility index (Phi) is 7.43. The average molecular weight is 477 g/mol. The number of aromatic nitrogens is 2. The van der Waals surface area contributed by atoms with E-state index in [2.05, 4.69) is 40.8 Å². The maximum Gasteiger partial charge on any atom is 0.573 e. The van der Waals surface area contributed by atoms with Crippen LogP contribution in [-0.2, 0) is 0 Å². The van der Waals surface area contributed by atoms with Gasteiger partial charge in [0.1, 0.15) is 5.75 Å². The second-order valence-electron chi connectivity index (χ2n) is 9.65. The van der Waals surface area contributed by atoms with Gasteiger partial charge in [-0.15, -0.1) is 13.2 Å². The minimum Gasteiger partial charge on any atom is -0.406 e. The zero-order valence-corrected chi connectivity index (χ0v) is 19.8. The third-order valence-electron chi connectivity index (χ3n) is 5.98. The number of imidazole rings is 1. The number of aromatic amines is 1. The number of fused-ring (bicyclic) bond motifs is 1. The van der Waals surface area contributed by atoms with Gasteiger partial charge in [-0.25, -0.2) is 4.98 Å². The number of anilines is 2. The highest BCUT2D eigenvalue weighted by molar-refractivity contribution is 5.99. The molecule has 1 fully saturated rings. The van der Waals surface area contributed by atoms with E-state index in [-0.39, 0.29) is 5.75 Å². The molecule has 1 aromatic heterocycles. The van der Waals surface area contributed by atoms with Crippen LogP contribution in [0.25, 0.3) is 11.0 Å². The van der Waals surface area contributed by atoms with Crippen LogP contribution in [0.15, 0.2) is 36.4 Å². The molecule has 0 saturated heterocycles. The molecule has 3 aromatic rings. The number of alkyl halides is 3. The molecule has 4 N–H and O–H groups in total. The molecule has 34 heavy (non-hydrogen) atoms. The van der Waals surface area contributed by atoms with Crippen LogP contribution in [0.3, 0.4) is 0 Å². The molecule has 1 amide bonds. The summed E-state index contributed by atoms with van der Waals surface area (Å²) in [6.07, 6.45) is 1.06. The van der Waals surface area contributed by atoms with Crippen molar-refractivity contribution in [2.24, 2.45) is 17.1 Å². The standard InChI is InChI=1S/C16H13F3N4O2.C9H18/c1-8-11(14(20)24)6-7-12-13(8)23-15(22-12)21-9-2-4-10(5-3-9)25-16(17,18)19;1-8-5-4-6-9(2,3)7-8/h2-7H,1H3,(H2,20,24)(H2,21,22,23);8H,4-7H2,1-3H3. The molecule has 2 aromatic carbocycles. The molecule has 1 atom stereocenters. The number of benzene rings is 2. The Balaban J connectivity index is 0.000000302. The lowest BCUT2D eigenvalue weighted by atomic mass is 9.73. The third-order valence-corrected chi connectivity index (χ3v) is 5.98. The van der Waals surface area contributed by atoms with E-state index in [9.17, 15) is 18.0 Å². The van der Waals surface area contributed by atoms with E-state index in [1.54, 1.807) is 19.1 Å². The van der Waals surface area contributed by atoms with Gasteiger partial charge in [-0.2, -0.15) is 0 Å². The van der Waals surface area contributed by atoms with Crippen LogP contribution in [0.1, 0.15) is 62.4 Å². The Morgan fingerprint density at radius 3 is 2.41 bits per heavy atom. The first-order valence-corrected chi connectivity index (χ1v) is 11.2. The highest BCUT2D eigenvalue weighted by atomic mass is 19.4. The Morgan fingerprint density at radius 2 is 1.88 bits per heavy atom. The van der Waals surface area contributed by atoms with Crippen molar-refractivity contribution < 1.29 is 22.7 Å². The van der Waals surface area contributed by atoms with Crippen LogP contribution in [0.5, 0.6) is 5.75 Å². The smallest absolute Gasteiger partial charge is 0.406 e. The summed E-state index contributed by atoms with van der Waals surface area (Å²) in [6.45, 7) is 8.89. The number of nitrogens with one attached hydrogen (secondary N) is 2. The fraction of sp³-hybridized carbons (Fsp3) is 0.440. The molecule has 1 aliphatic carbocycles. The van der Waals surface area contributed by atoms with Crippen molar-refractivity contribution in [2.75, 3.05) is 5.32 Å². The molecular formula is C25H31F3N4O2. The van der Waals surface area contributed by atoms with E-state index in [0.717, 1.165) is 5.92 Å². The van der Waals surface area contributed by atoms with Crippen LogP contribution in [0.2, 0.25) is 0 Å². The lowest BCUT2D eigenvalue weighted by molar-refractivity contribution is -0.274. The maximum atomic E-state index is 12.1. The average Bonchev–Trinajstić information content (AvgIpc) is 3.11. The van der Waals surface area contributed by atoms with E-state index >= 15 is 0 Å². The van der Waals surface area contributed by atoms with Crippen LogP contribution < -0.4 is 15.8 Å². The molecule has 1 unspecified atom stereocenters. The van der Waals surface area contributed by atoms with E-state index in [0.29, 0.717) is 39.2 Å². The number of carbonyl (C=O) groups is 1. The summed E-state index contributed by atoms with van der Waals surface area (Å²) in [6, 6.07) is 8.52. The number of hydrogen-bond donors (Lipinski definition) is 3. The molecule has 0 spiro atoms. The van der Waals surface area contributed by atoms with Crippen molar-refractivity contribution in [1.82, 2.24) is 9.97 Å².